The predicted octanol–water partition coefficient (Wildman–Crippen LogP) is 4.57. The van der Waals surface area contributed by atoms with Crippen molar-refractivity contribution >= 4 is 10.9 Å². The Kier molecular flexibility index (Phi) is 5.14. The minimum atomic E-state index is 0.241. The van der Waals surface area contributed by atoms with Crippen LogP contribution < -0.4 is 10.5 Å². The molecule has 0 fully saturated rings. The first-order valence-electron chi connectivity index (χ1n) is 9.01. The summed E-state index contributed by atoms with van der Waals surface area (Å²) >= 11 is 0. The molecule has 0 saturated heterocycles. The number of methoxy groups -OCH3 is 1. The van der Waals surface area contributed by atoms with Crippen molar-refractivity contribution in [1.82, 2.24) is 4.57 Å². The second kappa shape index (κ2) is 7.32. The molecule has 1 atom stereocenters. The smallest absolute Gasteiger partial charge is 0.122 e. The molecule has 0 saturated carbocycles. The number of fused-ring (bicyclic) bond motifs is 1. The van der Waals surface area contributed by atoms with Gasteiger partial charge in [0.1, 0.15) is 5.75 Å². The number of benzene rings is 2. The van der Waals surface area contributed by atoms with Crippen LogP contribution in [-0.4, -0.2) is 18.2 Å². The first-order valence-corrected chi connectivity index (χ1v) is 9.01. The van der Waals surface area contributed by atoms with Gasteiger partial charge in [-0.05, 0) is 68.1 Å². The standard InChI is InChI=1S/C22H28N2O/c1-5-24-14-18(19-8-6-7-9-21(19)24)12-17(13-23)20-10-15(2)16(3)11-22(20)25-4/h6-11,14,17H,5,12-13,23H2,1-4H3. The van der Waals surface area contributed by atoms with E-state index in [1.165, 1.54) is 33.2 Å². The molecule has 1 heterocycles. The van der Waals surface area contributed by atoms with E-state index >= 15 is 0 Å². The van der Waals surface area contributed by atoms with Crippen LogP contribution in [0.3, 0.4) is 0 Å². The third kappa shape index (κ3) is 3.29. The van der Waals surface area contributed by atoms with Crippen LogP contribution in [0.1, 0.15) is 35.1 Å². The van der Waals surface area contributed by atoms with Crippen molar-refractivity contribution in [3.05, 3.63) is 64.8 Å². The molecule has 25 heavy (non-hydrogen) atoms. The predicted molar refractivity (Wildman–Crippen MR) is 106 cm³/mol. The fourth-order valence-electron chi connectivity index (χ4n) is 3.64. The van der Waals surface area contributed by atoms with Gasteiger partial charge in [0.15, 0.2) is 0 Å². The zero-order valence-corrected chi connectivity index (χ0v) is 15.7. The molecule has 3 heteroatoms. The number of nitrogens with zero attached hydrogens (tertiary/aromatic N) is 1. The molecule has 2 aromatic carbocycles. The summed E-state index contributed by atoms with van der Waals surface area (Å²) in [6.45, 7) is 8.02. The van der Waals surface area contributed by atoms with Crippen molar-refractivity contribution in [3.63, 3.8) is 0 Å². The van der Waals surface area contributed by atoms with E-state index in [9.17, 15) is 0 Å². The van der Waals surface area contributed by atoms with Gasteiger partial charge in [-0.25, -0.2) is 0 Å². The van der Waals surface area contributed by atoms with E-state index in [1.807, 2.05) is 0 Å². The van der Waals surface area contributed by atoms with Gasteiger partial charge in [-0.3, -0.25) is 0 Å². The lowest BCUT2D eigenvalue weighted by Crippen LogP contribution is -2.16. The second-order valence-electron chi connectivity index (χ2n) is 6.77. The van der Waals surface area contributed by atoms with Gasteiger partial charge in [-0.1, -0.05) is 24.3 Å². The SMILES string of the molecule is CCn1cc(CC(CN)c2cc(C)c(C)cc2OC)c2ccccc21. The van der Waals surface area contributed by atoms with Crippen molar-refractivity contribution in [2.75, 3.05) is 13.7 Å². The normalized spacial score (nSPS) is 12.5. The molecule has 0 aliphatic rings. The Morgan fingerprint density at radius 1 is 1.12 bits per heavy atom. The van der Waals surface area contributed by atoms with Crippen LogP contribution in [0.4, 0.5) is 0 Å². The summed E-state index contributed by atoms with van der Waals surface area (Å²) in [4.78, 5) is 0. The molecule has 0 spiro atoms. The van der Waals surface area contributed by atoms with Crippen LogP contribution >= 0.6 is 0 Å². The summed E-state index contributed by atoms with van der Waals surface area (Å²) in [6.07, 6.45) is 3.20. The van der Waals surface area contributed by atoms with Crippen LogP contribution in [0, 0.1) is 13.8 Å². The maximum Gasteiger partial charge on any atom is 0.122 e. The number of nitrogens with two attached hydrogens (primary N) is 1. The van der Waals surface area contributed by atoms with Gasteiger partial charge >= 0.3 is 0 Å². The molecule has 2 N–H and O–H groups in total. The van der Waals surface area contributed by atoms with E-state index in [2.05, 4.69) is 67.9 Å². The minimum absolute atomic E-state index is 0.241. The summed E-state index contributed by atoms with van der Waals surface area (Å²) in [7, 11) is 1.74. The van der Waals surface area contributed by atoms with Crippen LogP contribution in [0.15, 0.2) is 42.6 Å². The molecule has 1 aromatic heterocycles. The molecule has 3 rings (SSSR count). The molecule has 132 valence electrons. The third-order valence-corrected chi connectivity index (χ3v) is 5.25. The largest absolute Gasteiger partial charge is 0.496 e. The molecule has 0 radical (unpaired) electrons. The highest BCUT2D eigenvalue weighted by molar-refractivity contribution is 5.84. The molecule has 0 bridgehead atoms. The molecule has 3 aromatic rings. The zero-order chi connectivity index (χ0) is 18.0. The topological polar surface area (TPSA) is 40.2 Å². The van der Waals surface area contributed by atoms with Gasteiger partial charge in [-0.2, -0.15) is 0 Å². The molecular formula is C22H28N2O. The summed E-state index contributed by atoms with van der Waals surface area (Å²) in [6, 6.07) is 13.0. The maximum absolute atomic E-state index is 6.19. The van der Waals surface area contributed by atoms with Gasteiger partial charge in [0.05, 0.1) is 7.11 Å². The Balaban J connectivity index is 2.03. The average molecular weight is 336 g/mol. The summed E-state index contributed by atoms with van der Waals surface area (Å²) in [5, 5.41) is 1.32. The fraction of sp³-hybridized carbons (Fsp3) is 0.364. The van der Waals surface area contributed by atoms with E-state index in [-0.39, 0.29) is 5.92 Å². The lowest BCUT2D eigenvalue weighted by Gasteiger charge is -2.20. The Hall–Kier alpha value is -2.26. The Labute approximate surface area is 150 Å². The highest BCUT2D eigenvalue weighted by atomic mass is 16.5. The zero-order valence-electron chi connectivity index (χ0n) is 15.7. The van der Waals surface area contributed by atoms with Crippen LogP contribution in [0.2, 0.25) is 0 Å². The molecule has 0 aliphatic heterocycles. The highest BCUT2D eigenvalue weighted by Crippen LogP contribution is 2.33. The van der Waals surface area contributed by atoms with Crippen molar-refractivity contribution in [2.45, 2.75) is 39.7 Å². The average Bonchev–Trinajstić information content (AvgIpc) is 2.99. The lowest BCUT2D eigenvalue weighted by molar-refractivity contribution is 0.405. The number of para-hydroxylation sites is 1. The first-order chi connectivity index (χ1) is 12.1. The number of hydrogen-bond donors (Lipinski definition) is 1. The molecular weight excluding hydrogens is 308 g/mol. The monoisotopic (exact) mass is 336 g/mol. The number of hydrogen-bond acceptors (Lipinski definition) is 2. The fourth-order valence-corrected chi connectivity index (χ4v) is 3.64. The Morgan fingerprint density at radius 2 is 1.84 bits per heavy atom. The van der Waals surface area contributed by atoms with Crippen molar-refractivity contribution in [3.8, 4) is 5.75 Å². The molecule has 3 nitrogen and oxygen atoms in total. The molecule has 0 aliphatic carbocycles. The summed E-state index contributed by atoms with van der Waals surface area (Å²) in [5.41, 5.74) is 12.6. The van der Waals surface area contributed by atoms with E-state index in [0.717, 1.165) is 18.7 Å². The number of aromatic nitrogens is 1. The van der Waals surface area contributed by atoms with E-state index in [4.69, 9.17) is 10.5 Å². The highest BCUT2D eigenvalue weighted by Gasteiger charge is 2.19. The number of ether oxygens (including phenoxy) is 1. The lowest BCUT2D eigenvalue weighted by atomic mass is 9.89. The number of aryl methyl sites for hydroxylation is 3. The van der Waals surface area contributed by atoms with Crippen molar-refractivity contribution in [2.24, 2.45) is 5.73 Å². The van der Waals surface area contributed by atoms with Gasteiger partial charge in [-0.15, -0.1) is 0 Å². The van der Waals surface area contributed by atoms with Gasteiger partial charge in [0.25, 0.3) is 0 Å². The molecule has 0 amide bonds. The van der Waals surface area contributed by atoms with Crippen molar-refractivity contribution < 1.29 is 4.74 Å². The van der Waals surface area contributed by atoms with Gasteiger partial charge in [0, 0.05) is 29.6 Å². The second-order valence-corrected chi connectivity index (χ2v) is 6.77. The Morgan fingerprint density at radius 3 is 2.52 bits per heavy atom. The summed E-state index contributed by atoms with van der Waals surface area (Å²) < 4.78 is 7.97. The van der Waals surface area contributed by atoms with E-state index < -0.39 is 0 Å². The minimum Gasteiger partial charge on any atom is -0.496 e. The molecule has 1 unspecified atom stereocenters. The van der Waals surface area contributed by atoms with Crippen LogP contribution in [0.25, 0.3) is 10.9 Å². The van der Waals surface area contributed by atoms with Gasteiger partial charge in [0.2, 0.25) is 0 Å². The van der Waals surface area contributed by atoms with Crippen molar-refractivity contribution in [1.29, 1.82) is 0 Å². The van der Waals surface area contributed by atoms with Crippen LogP contribution in [0.5, 0.6) is 5.75 Å². The van der Waals surface area contributed by atoms with E-state index in [0.29, 0.717) is 6.54 Å². The first kappa shape index (κ1) is 17.6. The number of rotatable bonds is 6. The quantitative estimate of drug-likeness (QED) is 0.716. The third-order valence-electron chi connectivity index (χ3n) is 5.25. The maximum atomic E-state index is 6.19. The van der Waals surface area contributed by atoms with Crippen LogP contribution in [-0.2, 0) is 13.0 Å². The summed E-state index contributed by atoms with van der Waals surface area (Å²) in [5.74, 6) is 1.18. The Bertz CT molecular complexity index is 879. The van der Waals surface area contributed by atoms with Gasteiger partial charge < -0.3 is 15.0 Å². The van der Waals surface area contributed by atoms with E-state index in [1.54, 1.807) is 7.11 Å².